The van der Waals surface area contributed by atoms with Gasteiger partial charge in [0, 0.05) is 25.0 Å². The molecule has 2 aliphatic heterocycles. The van der Waals surface area contributed by atoms with Crippen LogP contribution >= 0.6 is 0 Å². The van der Waals surface area contributed by atoms with Gasteiger partial charge in [0.15, 0.2) is 0 Å². The van der Waals surface area contributed by atoms with E-state index in [0.717, 1.165) is 5.56 Å². The fourth-order valence-electron chi connectivity index (χ4n) is 3.44. The molecule has 0 aliphatic carbocycles. The lowest BCUT2D eigenvalue weighted by Crippen LogP contribution is -2.45. The molecule has 9 nitrogen and oxygen atoms in total. The molecule has 31 heavy (non-hydrogen) atoms. The van der Waals surface area contributed by atoms with Crippen molar-refractivity contribution in [1.29, 1.82) is 0 Å². The van der Waals surface area contributed by atoms with E-state index in [9.17, 15) is 14.4 Å². The Labute approximate surface area is 179 Å². The fraction of sp³-hybridized carbons (Fsp3) is 0.273. The zero-order valence-electron chi connectivity index (χ0n) is 17.0. The van der Waals surface area contributed by atoms with Crippen molar-refractivity contribution in [3.63, 3.8) is 0 Å². The van der Waals surface area contributed by atoms with Crippen LogP contribution in [0.1, 0.15) is 15.9 Å². The Hall–Kier alpha value is -3.56. The van der Waals surface area contributed by atoms with Gasteiger partial charge in [0.05, 0.1) is 38.2 Å². The maximum atomic E-state index is 12.5. The molecule has 9 heteroatoms. The van der Waals surface area contributed by atoms with Crippen molar-refractivity contribution in [2.75, 3.05) is 50.3 Å². The molecule has 0 spiro atoms. The molecule has 2 heterocycles. The van der Waals surface area contributed by atoms with E-state index in [4.69, 9.17) is 9.47 Å². The quantitative estimate of drug-likeness (QED) is 0.586. The van der Waals surface area contributed by atoms with Gasteiger partial charge in [-0.1, -0.05) is 0 Å². The number of amides is 3. The third-order valence-electron chi connectivity index (χ3n) is 5.11. The van der Waals surface area contributed by atoms with Gasteiger partial charge in [0.2, 0.25) is 0 Å². The first-order valence-electron chi connectivity index (χ1n) is 9.84. The van der Waals surface area contributed by atoms with Gasteiger partial charge in [-0.15, -0.1) is 0 Å². The van der Waals surface area contributed by atoms with Crippen LogP contribution in [-0.4, -0.2) is 68.9 Å². The number of anilines is 2. The Kier molecular flexibility index (Phi) is 6.06. The van der Waals surface area contributed by atoms with Gasteiger partial charge in [-0.3, -0.25) is 19.4 Å². The van der Waals surface area contributed by atoms with Crippen LogP contribution in [0.2, 0.25) is 0 Å². The minimum atomic E-state index is -0.585. The summed E-state index contributed by atoms with van der Waals surface area (Å²) in [5.74, 6) is -0.440. The van der Waals surface area contributed by atoms with Gasteiger partial charge in [-0.25, -0.2) is 9.79 Å². The zero-order chi connectivity index (χ0) is 21.8. The molecule has 0 unspecified atom stereocenters. The number of ether oxygens (including phenoxy) is 2. The van der Waals surface area contributed by atoms with Gasteiger partial charge in [-0.2, -0.15) is 0 Å². The molecular weight excluding hydrogens is 400 g/mol. The second-order valence-electron chi connectivity index (χ2n) is 7.13. The van der Waals surface area contributed by atoms with Crippen molar-refractivity contribution in [3.8, 4) is 5.75 Å². The minimum Gasteiger partial charge on any atom is -0.497 e. The highest BCUT2D eigenvalue weighted by molar-refractivity contribution is 6.52. The number of carbonyl (C=O) groups excluding carboxylic acids is 3. The smallest absolute Gasteiger partial charge is 0.345 e. The third kappa shape index (κ3) is 4.62. The Morgan fingerprint density at radius 1 is 1.16 bits per heavy atom. The van der Waals surface area contributed by atoms with Crippen LogP contribution in [-0.2, 0) is 9.53 Å². The van der Waals surface area contributed by atoms with E-state index in [1.165, 1.54) is 17.2 Å². The van der Waals surface area contributed by atoms with Crippen LogP contribution in [0.25, 0.3) is 0 Å². The number of benzene rings is 2. The summed E-state index contributed by atoms with van der Waals surface area (Å²) in [6, 6.07) is 11.3. The summed E-state index contributed by atoms with van der Waals surface area (Å²) in [6.07, 6.45) is 1.43. The highest BCUT2D eigenvalue weighted by Gasteiger charge is 2.37. The molecule has 1 fully saturated rings. The third-order valence-corrected chi connectivity index (χ3v) is 5.11. The number of Topliss-reactive ketones (excluding diaryl/α,β-unsaturated/α-hetero) is 1. The summed E-state index contributed by atoms with van der Waals surface area (Å²) < 4.78 is 10.4. The predicted octanol–water partition coefficient (Wildman–Crippen LogP) is 2.17. The van der Waals surface area contributed by atoms with Gasteiger partial charge >= 0.3 is 11.9 Å². The van der Waals surface area contributed by atoms with E-state index in [2.05, 4.69) is 15.2 Å². The number of hydrogen-bond acceptors (Lipinski definition) is 6. The monoisotopic (exact) mass is 422 g/mol. The summed E-state index contributed by atoms with van der Waals surface area (Å²) >= 11 is 0. The standard InChI is InChI=1S/C22H22N4O5/c1-30-17-5-2-15(3-6-17)13-23-22(29)24-16-4-7-19-18(12-16)20(27)21(28)26(19)14-25-8-10-31-11-9-25/h2-7,12-13H,8-11,14H2,1H3,(H,24,29). The van der Waals surface area contributed by atoms with Gasteiger partial charge in [0.25, 0.3) is 5.78 Å². The largest absolute Gasteiger partial charge is 0.497 e. The van der Waals surface area contributed by atoms with E-state index in [1.54, 1.807) is 43.5 Å². The van der Waals surface area contributed by atoms with E-state index in [0.29, 0.717) is 50.1 Å². The summed E-state index contributed by atoms with van der Waals surface area (Å²) in [5, 5.41) is 2.63. The molecule has 0 atom stereocenters. The highest BCUT2D eigenvalue weighted by Crippen LogP contribution is 2.31. The van der Waals surface area contributed by atoms with E-state index in [1.807, 2.05) is 0 Å². The number of carbonyl (C=O) groups is 3. The average Bonchev–Trinajstić information content (AvgIpc) is 3.03. The predicted molar refractivity (Wildman–Crippen MR) is 115 cm³/mol. The number of methoxy groups -OCH3 is 1. The fourth-order valence-corrected chi connectivity index (χ4v) is 3.44. The number of urea groups is 1. The topological polar surface area (TPSA) is 101 Å². The molecule has 2 aromatic rings. The molecule has 1 N–H and O–H groups in total. The van der Waals surface area contributed by atoms with Gasteiger partial charge < -0.3 is 14.8 Å². The van der Waals surface area contributed by atoms with Crippen molar-refractivity contribution in [3.05, 3.63) is 53.6 Å². The second kappa shape index (κ2) is 9.07. The minimum absolute atomic E-state index is 0.273. The normalized spacial score (nSPS) is 16.6. The molecule has 0 saturated carbocycles. The van der Waals surface area contributed by atoms with Crippen molar-refractivity contribution in [2.45, 2.75) is 0 Å². The first kappa shape index (κ1) is 20.7. The van der Waals surface area contributed by atoms with Crippen molar-refractivity contribution in [2.24, 2.45) is 4.99 Å². The first-order valence-corrected chi connectivity index (χ1v) is 9.84. The van der Waals surface area contributed by atoms with Crippen molar-refractivity contribution in [1.82, 2.24) is 4.90 Å². The Morgan fingerprint density at radius 3 is 2.61 bits per heavy atom. The molecule has 0 radical (unpaired) electrons. The molecule has 0 bridgehead atoms. The summed E-state index contributed by atoms with van der Waals surface area (Å²) in [4.78, 5) is 44.5. The molecule has 160 valence electrons. The summed E-state index contributed by atoms with van der Waals surface area (Å²) in [6.45, 7) is 2.94. The number of aliphatic imine (C=N–C) groups is 1. The van der Waals surface area contributed by atoms with E-state index in [-0.39, 0.29) is 5.56 Å². The maximum Gasteiger partial charge on any atom is 0.345 e. The van der Waals surface area contributed by atoms with Crippen molar-refractivity contribution < 1.29 is 23.9 Å². The second-order valence-corrected chi connectivity index (χ2v) is 7.13. The lowest BCUT2D eigenvalue weighted by atomic mass is 10.1. The number of ketones is 1. The maximum absolute atomic E-state index is 12.5. The Bertz CT molecular complexity index is 1030. The van der Waals surface area contributed by atoms with Crippen LogP contribution in [0.5, 0.6) is 5.75 Å². The number of morpholine rings is 1. The molecule has 1 saturated heterocycles. The van der Waals surface area contributed by atoms with Crippen molar-refractivity contribution >= 4 is 35.3 Å². The molecule has 4 rings (SSSR count). The molecule has 0 aromatic heterocycles. The first-order chi connectivity index (χ1) is 15.0. The van der Waals surface area contributed by atoms with Crippen LogP contribution in [0.15, 0.2) is 47.5 Å². The molecule has 3 amide bonds. The lowest BCUT2D eigenvalue weighted by molar-refractivity contribution is -0.114. The number of rotatable bonds is 5. The summed E-state index contributed by atoms with van der Waals surface area (Å²) in [7, 11) is 1.58. The number of nitrogens with one attached hydrogen (secondary N) is 1. The van der Waals surface area contributed by atoms with Crippen LogP contribution in [0.4, 0.5) is 16.2 Å². The van der Waals surface area contributed by atoms with Gasteiger partial charge in [-0.05, 0) is 48.0 Å². The average molecular weight is 422 g/mol. The summed E-state index contributed by atoms with van der Waals surface area (Å²) in [5.41, 5.74) is 1.95. The number of nitrogens with zero attached hydrogens (tertiary/aromatic N) is 3. The SMILES string of the molecule is COc1ccc(C=NC(=O)Nc2ccc3c(c2)C(=O)C(=O)N3CN2CCOCC2)cc1. The van der Waals surface area contributed by atoms with Gasteiger partial charge in [0.1, 0.15) is 5.75 Å². The van der Waals surface area contributed by atoms with E-state index < -0.39 is 17.7 Å². The van der Waals surface area contributed by atoms with Crippen LogP contribution in [0, 0.1) is 0 Å². The molecule has 2 aromatic carbocycles. The Morgan fingerprint density at radius 2 is 1.90 bits per heavy atom. The van der Waals surface area contributed by atoms with Crippen LogP contribution < -0.4 is 15.0 Å². The molecular formula is C22H22N4O5. The molecule has 2 aliphatic rings. The van der Waals surface area contributed by atoms with Crippen LogP contribution in [0.3, 0.4) is 0 Å². The number of fused-ring (bicyclic) bond motifs is 1. The van der Waals surface area contributed by atoms with E-state index >= 15 is 0 Å². The Balaban J connectivity index is 1.43. The number of hydrogen-bond donors (Lipinski definition) is 1. The zero-order valence-corrected chi connectivity index (χ0v) is 17.0. The lowest BCUT2D eigenvalue weighted by Gasteiger charge is -2.30. The highest BCUT2D eigenvalue weighted by atomic mass is 16.5.